The van der Waals surface area contributed by atoms with E-state index in [1.807, 2.05) is 7.05 Å². The Morgan fingerprint density at radius 2 is 2.30 bits per heavy atom. The highest BCUT2D eigenvalue weighted by Crippen LogP contribution is 2.23. The Kier molecular flexibility index (Phi) is 6.53. The van der Waals surface area contributed by atoms with Crippen molar-refractivity contribution in [3.05, 3.63) is 66.1 Å². The Labute approximate surface area is 123 Å². The molecule has 0 fully saturated rings. The second kappa shape index (κ2) is 8.17. The standard InChI is InChI=1S/C15H17ClFN3/c1-4-5-9-18-10-20(3)11-19-12(2)15-13(16)7-6-8-14(15)17/h4-10,19H,1-2,11H2,3H3/b9-5+,18-10-. The number of aliphatic imine (C=N–C) groups is 1. The maximum Gasteiger partial charge on any atom is 0.133 e. The van der Waals surface area contributed by atoms with Crippen LogP contribution in [0.4, 0.5) is 4.39 Å². The number of nitrogens with zero attached hydrogens (tertiary/aromatic N) is 2. The van der Waals surface area contributed by atoms with E-state index >= 15 is 0 Å². The summed E-state index contributed by atoms with van der Waals surface area (Å²) in [5.74, 6) is -0.403. The fourth-order valence-electron chi connectivity index (χ4n) is 1.40. The second-order valence-corrected chi connectivity index (χ2v) is 4.42. The van der Waals surface area contributed by atoms with Crippen molar-refractivity contribution < 1.29 is 4.39 Å². The molecule has 0 heterocycles. The van der Waals surface area contributed by atoms with E-state index in [1.165, 1.54) is 6.07 Å². The summed E-state index contributed by atoms with van der Waals surface area (Å²) in [6.45, 7) is 7.76. The maximum absolute atomic E-state index is 13.7. The van der Waals surface area contributed by atoms with Crippen molar-refractivity contribution in [1.29, 1.82) is 0 Å². The molecule has 0 spiro atoms. The van der Waals surface area contributed by atoms with Gasteiger partial charge in [0.25, 0.3) is 0 Å². The van der Waals surface area contributed by atoms with Crippen molar-refractivity contribution in [3.63, 3.8) is 0 Å². The van der Waals surface area contributed by atoms with Crippen LogP contribution < -0.4 is 5.32 Å². The minimum absolute atomic E-state index is 0.283. The molecule has 5 heteroatoms. The van der Waals surface area contributed by atoms with Crippen molar-refractivity contribution in [1.82, 2.24) is 10.2 Å². The van der Waals surface area contributed by atoms with Crippen LogP contribution in [0.5, 0.6) is 0 Å². The van der Waals surface area contributed by atoms with Gasteiger partial charge in [-0.2, -0.15) is 0 Å². The van der Waals surface area contributed by atoms with Crippen LogP contribution in [0.2, 0.25) is 5.02 Å². The number of hydrogen-bond donors (Lipinski definition) is 1. The summed E-state index contributed by atoms with van der Waals surface area (Å²) < 4.78 is 13.7. The summed E-state index contributed by atoms with van der Waals surface area (Å²) in [5, 5.41) is 3.32. The molecule has 20 heavy (non-hydrogen) atoms. The third-order valence-corrected chi connectivity index (χ3v) is 2.69. The number of benzene rings is 1. The molecule has 0 saturated heterocycles. The zero-order chi connectivity index (χ0) is 15.0. The van der Waals surface area contributed by atoms with E-state index in [2.05, 4.69) is 23.5 Å². The lowest BCUT2D eigenvalue weighted by atomic mass is 10.1. The van der Waals surface area contributed by atoms with Crippen molar-refractivity contribution in [2.45, 2.75) is 0 Å². The van der Waals surface area contributed by atoms with Crippen molar-refractivity contribution in [3.8, 4) is 0 Å². The number of halogens is 2. The Morgan fingerprint density at radius 1 is 1.55 bits per heavy atom. The fourth-order valence-corrected chi connectivity index (χ4v) is 1.68. The SMILES string of the molecule is C=C/C=C/N=C\N(C)CNC(=C)c1c(F)cccc1Cl. The molecule has 0 atom stereocenters. The molecule has 0 aliphatic carbocycles. The summed E-state index contributed by atoms with van der Waals surface area (Å²) in [6.07, 6.45) is 6.60. The molecule has 1 aromatic rings. The van der Waals surface area contributed by atoms with Crippen LogP contribution in [0.1, 0.15) is 5.56 Å². The molecule has 0 unspecified atom stereocenters. The molecule has 0 saturated carbocycles. The molecule has 1 aromatic carbocycles. The van der Waals surface area contributed by atoms with Gasteiger partial charge in [0, 0.05) is 18.9 Å². The first-order valence-electron chi connectivity index (χ1n) is 5.94. The van der Waals surface area contributed by atoms with Crippen LogP contribution in [-0.2, 0) is 0 Å². The summed E-state index contributed by atoms with van der Waals surface area (Å²) >= 11 is 5.96. The minimum Gasteiger partial charge on any atom is -0.368 e. The maximum atomic E-state index is 13.7. The molecule has 0 radical (unpaired) electrons. The van der Waals surface area contributed by atoms with Gasteiger partial charge >= 0.3 is 0 Å². The topological polar surface area (TPSA) is 27.6 Å². The average molecular weight is 294 g/mol. The highest BCUT2D eigenvalue weighted by Gasteiger charge is 2.10. The predicted molar refractivity (Wildman–Crippen MR) is 84.0 cm³/mol. The van der Waals surface area contributed by atoms with Gasteiger partial charge in [0.15, 0.2) is 0 Å². The van der Waals surface area contributed by atoms with Gasteiger partial charge in [0.1, 0.15) is 5.82 Å². The lowest BCUT2D eigenvalue weighted by Crippen LogP contribution is -2.29. The van der Waals surface area contributed by atoms with Crippen LogP contribution in [0.15, 0.2) is 54.7 Å². The minimum atomic E-state index is -0.403. The quantitative estimate of drug-likeness (QED) is 0.360. The smallest absolute Gasteiger partial charge is 0.133 e. The average Bonchev–Trinajstić information content (AvgIpc) is 2.41. The Morgan fingerprint density at radius 3 is 2.95 bits per heavy atom. The Hall–Kier alpha value is -2.07. The zero-order valence-corrected chi connectivity index (χ0v) is 12.1. The molecule has 0 aliphatic heterocycles. The van der Waals surface area contributed by atoms with E-state index in [-0.39, 0.29) is 5.56 Å². The number of nitrogens with one attached hydrogen (secondary N) is 1. The van der Waals surface area contributed by atoms with E-state index in [4.69, 9.17) is 11.6 Å². The van der Waals surface area contributed by atoms with E-state index in [0.29, 0.717) is 17.4 Å². The molecule has 0 aromatic heterocycles. The van der Waals surface area contributed by atoms with E-state index in [0.717, 1.165) is 0 Å². The number of hydrogen-bond acceptors (Lipinski definition) is 2. The molecule has 3 nitrogen and oxygen atoms in total. The molecule has 0 aliphatic rings. The largest absolute Gasteiger partial charge is 0.368 e. The molecule has 1 N–H and O–H groups in total. The van der Waals surface area contributed by atoms with Gasteiger partial charge in [-0.3, -0.25) is 0 Å². The highest BCUT2D eigenvalue weighted by atomic mass is 35.5. The lowest BCUT2D eigenvalue weighted by molar-refractivity contribution is 0.499. The number of allylic oxidation sites excluding steroid dienone is 2. The number of rotatable bonds is 7. The first-order chi connectivity index (χ1) is 9.56. The van der Waals surface area contributed by atoms with Crippen LogP contribution in [-0.4, -0.2) is 25.0 Å². The van der Waals surface area contributed by atoms with Crippen LogP contribution in [0.3, 0.4) is 0 Å². The van der Waals surface area contributed by atoms with E-state index < -0.39 is 5.82 Å². The van der Waals surface area contributed by atoms with Crippen molar-refractivity contribution >= 4 is 23.6 Å². The van der Waals surface area contributed by atoms with E-state index in [9.17, 15) is 4.39 Å². The van der Waals surface area contributed by atoms with Gasteiger partial charge in [-0.25, -0.2) is 9.38 Å². The zero-order valence-electron chi connectivity index (χ0n) is 11.3. The summed E-state index contributed by atoms with van der Waals surface area (Å²) in [4.78, 5) is 5.81. The Balaban J connectivity index is 2.57. The van der Waals surface area contributed by atoms with Crippen LogP contribution in [0, 0.1) is 5.82 Å². The molecule has 0 amide bonds. The first kappa shape index (κ1) is 16.0. The molecular formula is C15H17ClFN3. The molecule has 1 rings (SSSR count). The van der Waals surface area contributed by atoms with Crippen LogP contribution >= 0.6 is 11.6 Å². The molecule has 0 bridgehead atoms. The molecule has 106 valence electrons. The van der Waals surface area contributed by atoms with Gasteiger partial charge in [-0.05, 0) is 18.2 Å². The van der Waals surface area contributed by atoms with Gasteiger partial charge < -0.3 is 10.2 Å². The third kappa shape index (κ3) is 4.90. The van der Waals surface area contributed by atoms with Crippen LogP contribution in [0.25, 0.3) is 5.70 Å². The second-order valence-electron chi connectivity index (χ2n) is 4.01. The van der Waals surface area contributed by atoms with Crippen molar-refractivity contribution in [2.75, 3.05) is 13.7 Å². The first-order valence-corrected chi connectivity index (χ1v) is 6.32. The van der Waals surface area contributed by atoms with Crippen molar-refractivity contribution in [2.24, 2.45) is 4.99 Å². The van der Waals surface area contributed by atoms with Gasteiger partial charge in [0.2, 0.25) is 0 Å². The fraction of sp³-hybridized carbons (Fsp3) is 0.133. The predicted octanol–water partition coefficient (Wildman–Crippen LogP) is 3.66. The monoisotopic (exact) mass is 293 g/mol. The Bertz CT molecular complexity index is 518. The van der Waals surface area contributed by atoms with Gasteiger partial charge in [0.05, 0.1) is 23.6 Å². The normalized spacial score (nSPS) is 10.9. The summed E-state index contributed by atoms with van der Waals surface area (Å²) in [6, 6.07) is 4.52. The summed E-state index contributed by atoms with van der Waals surface area (Å²) in [5.41, 5.74) is 0.709. The van der Waals surface area contributed by atoms with E-state index in [1.54, 1.807) is 41.7 Å². The third-order valence-electron chi connectivity index (χ3n) is 2.38. The van der Waals surface area contributed by atoms with Gasteiger partial charge in [-0.15, -0.1) is 0 Å². The van der Waals surface area contributed by atoms with Gasteiger partial charge in [-0.1, -0.05) is 36.9 Å². The summed E-state index contributed by atoms with van der Waals surface area (Å²) in [7, 11) is 1.83. The highest BCUT2D eigenvalue weighted by molar-refractivity contribution is 6.32. The lowest BCUT2D eigenvalue weighted by Gasteiger charge is -2.17. The molecular weight excluding hydrogens is 277 g/mol.